The second-order valence-corrected chi connectivity index (χ2v) is 7.08. The maximum absolute atomic E-state index is 12.5. The molecule has 0 aliphatic carbocycles. The molecule has 2 aliphatic rings. The van der Waals surface area contributed by atoms with Crippen molar-refractivity contribution < 1.29 is 4.79 Å². The summed E-state index contributed by atoms with van der Waals surface area (Å²) in [5, 5.41) is 0. The van der Waals surface area contributed by atoms with Crippen LogP contribution in [-0.4, -0.2) is 78.5 Å². The minimum Gasteiger partial charge on any atom is -0.342 e. The second-order valence-electron chi connectivity index (χ2n) is 7.08. The molecular formula is C18H28N4O. The summed E-state index contributed by atoms with van der Waals surface area (Å²) in [5.74, 6) is 0.879. The number of piperidine rings is 1. The van der Waals surface area contributed by atoms with Crippen LogP contribution in [0.3, 0.4) is 0 Å². The van der Waals surface area contributed by atoms with E-state index in [1.165, 1.54) is 12.0 Å². The van der Waals surface area contributed by atoms with E-state index in [2.05, 4.69) is 45.9 Å². The van der Waals surface area contributed by atoms with E-state index in [1.807, 2.05) is 12.4 Å². The molecule has 0 radical (unpaired) electrons. The van der Waals surface area contributed by atoms with Crippen molar-refractivity contribution in [2.75, 3.05) is 46.8 Å². The van der Waals surface area contributed by atoms with Gasteiger partial charge in [-0.3, -0.25) is 14.7 Å². The van der Waals surface area contributed by atoms with Gasteiger partial charge in [-0.1, -0.05) is 0 Å². The zero-order valence-electron chi connectivity index (χ0n) is 14.3. The fourth-order valence-electron chi connectivity index (χ4n) is 3.77. The molecule has 0 spiro atoms. The fraction of sp³-hybridized carbons (Fsp3) is 0.667. The second kappa shape index (κ2) is 7.41. The Morgan fingerprint density at radius 1 is 1.17 bits per heavy atom. The Morgan fingerprint density at radius 2 is 1.87 bits per heavy atom. The summed E-state index contributed by atoms with van der Waals surface area (Å²) in [6, 6.07) is 4.81. The quantitative estimate of drug-likeness (QED) is 0.842. The number of carbonyl (C=O) groups excluding carboxylic acids is 1. The zero-order valence-corrected chi connectivity index (χ0v) is 14.3. The highest BCUT2D eigenvalue weighted by Crippen LogP contribution is 2.27. The fourth-order valence-corrected chi connectivity index (χ4v) is 3.77. The maximum Gasteiger partial charge on any atom is 0.236 e. The number of pyridine rings is 1. The molecule has 1 amide bonds. The summed E-state index contributed by atoms with van der Waals surface area (Å²) in [6.07, 6.45) is 7.03. The van der Waals surface area contributed by atoms with E-state index >= 15 is 0 Å². The van der Waals surface area contributed by atoms with E-state index in [0.29, 0.717) is 24.4 Å². The first kappa shape index (κ1) is 16.4. The minimum atomic E-state index is 0.303. The van der Waals surface area contributed by atoms with Crippen molar-refractivity contribution in [1.29, 1.82) is 0 Å². The molecule has 0 saturated carbocycles. The Balaban J connectivity index is 1.45. The molecule has 2 aliphatic heterocycles. The third kappa shape index (κ3) is 4.09. The van der Waals surface area contributed by atoms with Crippen LogP contribution in [0.5, 0.6) is 0 Å². The van der Waals surface area contributed by atoms with Crippen molar-refractivity contribution in [3.63, 3.8) is 0 Å². The third-order valence-corrected chi connectivity index (χ3v) is 5.36. The van der Waals surface area contributed by atoms with E-state index in [0.717, 1.165) is 39.0 Å². The molecule has 0 unspecified atom stereocenters. The highest BCUT2D eigenvalue weighted by molar-refractivity contribution is 5.78. The van der Waals surface area contributed by atoms with Crippen LogP contribution in [0.1, 0.15) is 30.7 Å². The predicted octanol–water partition coefficient (Wildman–Crippen LogP) is 1.42. The van der Waals surface area contributed by atoms with Gasteiger partial charge in [0.1, 0.15) is 0 Å². The van der Waals surface area contributed by atoms with Crippen molar-refractivity contribution in [2.24, 2.45) is 0 Å². The Bertz CT molecular complexity index is 511. The number of carbonyl (C=O) groups is 1. The molecule has 1 aromatic rings. The van der Waals surface area contributed by atoms with Gasteiger partial charge in [0.25, 0.3) is 0 Å². The zero-order chi connectivity index (χ0) is 16.2. The number of likely N-dealkylation sites (tertiary alicyclic amines) is 2. The Hall–Kier alpha value is -1.46. The molecule has 1 aromatic heterocycles. The number of amides is 1. The van der Waals surface area contributed by atoms with Crippen LogP contribution in [0, 0.1) is 0 Å². The lowest BCUT2D eigenvalue weighted by atomic mass is 9.90. The van der Waals surface area contributed by atoms with Gasteiger partial charge in [0.2, 0.25) is 5.91 Å². The Kier molecular flexibility index (Phi) is 5.28. The molecule has 0 N–H and O–H groups in total. The SMILES string of the molecule is CN(C)[C@H]1CCN(CC(=O)N2CCC(c3ccncc3)CC2)C1. The summed E-state index contributed by atoms with van der Waals surface area (Å²) < 4.78 is 0. The average molecular weight is 316 g/mol. The number of likely N-dealkylation sites (N-methyl/N-ethyl adjacent to an activating group) is 1. The van der Waals surface area contributed by atoms with E-state index in [1.54, 1.807) is 0 Å². The van der Waals surface area contributed by atoms with Crippen molar-refractivity contribution in [1.82, 2.24) is 19.7 Å². The average Bonchev–Trinajstić information content (AvgIpc) is 3.04. The molecule has 5 nitrogen and oxygen atoms in total. The number of hydrogen-bond donors (Lipinski definition) is 0. The third-order valence-electron chi connectivity index (χ3n) is 5.36. The lowest BCUT2D eigenvalue weighted by molar-refractivity contribution is -0.133. The van der Waals surface area contributed by atoms with Gasteiger partial charge in [0.05, 0.1) is 6.54 Å². The van der Waals surface area contributed by atoms with Gasteiger partial charge < -0.3 is 9.80 Å². The topological polar surface area (TPSA) is 39.7 Å². The van der Waals surface area contributed by atoms with Crippen LogP contribution in [0.15, 0.2) is 24.5 Å². The Morgan fingerprint density at radius 3 is 2.48 bits per heavy atom. The normalized spacial score (nSPS) is 23.6. The smallest absolute Gasteiger partial charge is 0.236 e. The first-order valence-corrected chi connectivity index (χ1v) is 8.70. The van der Waals surface area contributed by atoms with E-state index in [9.17, 15) is 4.79 Å². The molecule has 2 fully saturated rings. The van der Waals surface area contributed by atoms with Gasteiger partial charge in [0.15, 0.2) is 0 Å². The van der Waals surface area contributed by atoms with Crippen LogP contribution < -0.4 is 0 Å². The Labute approximate surface area is 139 Å². The van der Waals surface area contributed by atoms with Crippen LogP contribution >= 0.6 is 0 Å². The first-order valence-electron chi connectivity index (χ1n) is 8.70. The van der Waals surface area contributed by atoms with Crippen LogP contribution in [0.4, 0.5) is 0 Å². The van der Waals surface area contributed by atoms with E-state index in [4.69, 9.17) is 0 Å². The van der Waals surface area contributed by atoms with Crippen LogP contribution in [0.25, 0.3) is 0 Å². The summed E-state index contributed by atoms with van der Waals surface area (Å²) >= 11 is 0. The molecule has 3 rings (SSSR count). The van der Waals surface area contributed by atoms with Gasteiger partial charge in [-0.15, -0.1) is 0 Å². The molecule has 23 heavy (non-hydrogen) atoms. The van der Waals surface area contributed by atoms with E-state index in [-0.39, 0.29) is 0 Å². The van der Waals surface area contributed by atoms with E-state index < -0.39 is 0 Å². The van der Waals surface area contributed by atoms with Crippen LogP contribution in [0.2, 0.25) is 0 Å². The van der Waals surface area contributed by atoms with Gasteiger partial charge in [0, 0.05) is 44.6 Å². The van der Waals surface area contributed by atoms with Crippen molar-refractivity contribution >= 4 is 5.91 Å². The molecule has 2 saturated heterocycles. The lowest BCUT2D eigenvalue weighted by Gasteiger charge is -2.33. The number of rotatable bonds is 4. The summed E-state index contributed by atoms with van der Waals surface area (Å²) in [6.45, 7) is 4.42. The molecule has 126 valence electrons. The monoisotopic (exact) mass is 316 g/mol. The number of hydrogen-bond acceptors (Lipinski definition) is 4. The summed E-state index contributed by atoms with van der Waals surface area (Å²) in [5.41, 5.74) is 1.36. The lowest BCUT2D eigenvalue weighted by Crippen LogP contribution is -2.44. The predicted molar refractivity (Wildman–Crippen MR) is 91.3 cm³/mol. The maximum atomic E-state index is 12.5. The van der Waals surface area contributed by atoms with Gasteiger partial charge in [-0.05, 0) is 57.0 Å². The number of aromatic nitrogens is 1. The van der Waals surface area contributed by atoms with Crippen molar-refractivity contribution in [3.05, 3.63) is 30.1 Å². The minimum absolute atomic E-state index is 0.303. The molecule has 0 aromatic carbocycles. The van der Waals surface area contributed by atoms with Gasteiger partial charge in [-0.2, -0.15) is 0 Å². The highest BCUT2D eigenvalue weighted by Gasteiger charge is 2.28. The highest BCUT2D eigenvalue weighted by atomic mass is 16.2. The molecule has 0 bridgehead atoms. The number of nitrogens with zero attached hydrogens (tertiary/aromatic N) is 4. The van der Waals surface area contributed by atoms with Crippen molar-refractivity contribution in [2.45, 2.75) is 31.2 Å². The van der Waals surface area contributed by atoms with Crippen molar-refractivity contribution in [3.8, 4) is 0 Å². The molecular weight excluding hydrogens is 288 g/mol. The molecule has 3 heterocycles. The largest absolute Gasteiger partial charge is 0.342 e. The molecule has 1 atom stereocenters. The summed E-state index contributed by atoms with van der Waals surface area (Å²) in [4.78, 5) is 23.3. The van der Waals surface area contributed by atoms with Gasteiger partial charge >= 0.3 is 0 Å². The summed E-state index contributed by atoms with van der Waals surface area (Å²) in [7, 11) is 4.25. The van der Waals surface area contributed by atoms with Gasteiger partial charge in [-0.25, -0.2) is 0 Å². The molecule has 5 heteroatoms. The standard InChI is InChI=1S/C18H28N4O/c1-20(2)17-7-10-21(13-17)14-18(23)22-11-5-16(6-12-22)15-3-8-19-9-4-15/h3-4,8-9,16-17H,5-7,10-14H2,1-2H3/t17-/m0/s1. The first-order chi connectivity index (χ1) is 11.1. The van der Waals surface area contributed by atoms with Crippen LogP contribution in [-0.2, 0) is 4.79 Å².